The van der Waals surface area contributed by atoms with Crippen molar-refractivity contribution in [2.75, 3.05) is 6.54 Å². The van der Waals surface area contributed by atoms with E-state index in [0.717, 1.165) is 25.8 Å². The van der Waals surface area contributed by atoms with Crippen LogP contribution >= 0.6 is 23.2 Å². The lowest BCUT2D eigenvalue weighted by atomic mass is 9.94. The van der Waals surface area contributed by atoms with Crippen LogP contribution < -0.4 is 0 Å². The molecule has 1 aliphatic heterocycles. The van der Waals surface area contributed by atoms with E-state index in [4.69, 9.17) is 23.2 Å². The first-order chi connectivity index (χ1) is 10.6. The number of benzene rings is 1. The number of amides is 1. The summed E-state index contributed by atoms with van der Waals surface area (Å²) < 4.78 is 0. The average molecular weight is 335 g/mol. The van der Waals surface area contributed by atoms with Gasteiger partial charge in [-0.2, -0.15) is 0 Å². The molecular weight excluding hydrogens is 319 g/mol. The first-order valence-electron chi connectivity index (χ1n) is 7.34. The van der Waals surface area contributed by atoms with Gasteiger partial charge in [0.2, 0.25) is 0 Å². The van der Waals surface area contributed by atoms with Gasteiger partial charge in [-0.05, 0) is 37.0 Å². The lowest BCUT2D eigenvalue weighted by molar-refractivity contribution is 0.0611. The van der Waals surface area contributed by atoms with Crippen LogP contribution in [0, 0.1) is 0 Å². The summed E-state index contributed by atoms with van der Waals surface area (Å²) in [5, 5.41) is 0.480. The molecule has 0 bridgehead atoms. The second-order valence-electron chi connectivity index (χ2n) is 5.42. The summed E-state index contributed by atoms with van der Waals surface area (Å²) in [5.74, 6) is -0.0419. The number of rotatable bonds is 2. The summed E-state index contributed by atoms with van der Waals surface area (Å²) in [6.45, 7) is 0.746. The lowest BCUT2D eigenvalue weighted by Crippen LogP contribution is -2.38. The molecular formula is C17H16Cl2N2O. The third kappa shape index (κ3) is 3.26. The molecule has 1 aromatic carbocycles. The summed E-state index contributed by atoms with van der Waals surface area (Å²) in [7, 11) is 0. The first-order valence-corrected chi connectivity index (χ1v) is 8.10. The second kappa shape index (κ2) is 6.67. The van der Waals surface area contributed by atoms with Gasteiger partial charge in [0.25, 0.3) is 5.91 Å². The standard InChI is InChI=1S/C17H16Cl2N2O/c18-15-10-13(11-16(19)20-15)17(22)21-9-5-4-8-14(21)12-6-2-1-3-7-12/h1-3,6-7,10-11,14H,4-5,8-9H2/t14-/m1/s1. The Kier molecular flexibility index (Phi) is 4.65. The van der Waals surface area contributed by atoms with Crippen molar-refractivity contribution in [1.82, 2.24) is 9.88 Å². The number of hydrogen-bond donors (Lipinski definition) is 0. The number of aromatic nitrogens is 1. The van der Waals surface area contributed by atoms with Crippen molar-refractivity contribution < 1.29 is 4.79 Å². The van der Waals surface area contributed by atoms with Gasteiger partial charge in [-0.1, -0.05) is 53.5 Å². The minimum Gasteiger partial charge on any atom is -0.332 e. The Bertz CT molecular complexity index is 655. The second-order valence-corrected chi connectivity index (χ2v) is 6.20. The normalized spacial score (nSPS) is 18.3. The van der Waals surface area contributed by atoms with Crippen LogP contribution in [0.5, 0.6) is 0 Å². The molecule has 0 radical (unpaired) electrons. The summed E-state index contributed by atoms with van der Waals surface area (Å²) in [4.78, 5) is 18.7. The van der Waals surface area contributed by atoms with E-state index in [2.05, 4.69) is 17.1 Å². The van der Waals surface area contributed by atoms with Crippen molar-refractivity contribution in [3.05, 3.63) is 63.9 Å². The van der Waals surface area contributed by atoms with E-state index in [1.807, 2.05) is 23.1 Å². The molecule has 0 aliphatic carbocycles. The van der Waals surface area contributed by atoms with E-state index in [-0.39, 0.29) is 22.3 Å². The molecule has 0 spiro atoms. The van der Waals surface area contributed by atoms with Crippen LogP contribution in [-0.2, 0) is 0 Å². The van der Waals surface area contributed by atoms with E-state index in [9.17, 15) is 4.79 Å². The highest BCUT2D eigenvalue weighted by Gasteiger charge is 2.28. The molecule has 3 nitrogen and oxygen atoms in total. The van der Waals surface area contributed by atoms with E-state index in [0.29, 0.717) is 5.56 Å². The van der Waals surface area contributed by atoms with Crippen LogP contribution in [0.25, 0.3) is 0 Å². The highest BCUT2D eigenvalue weighted by Crippen LogP contribution is 2.32. The van der Waals surface area contributed by atoms with Crippen molar-refractivity contribution in [1.29, 1.82) is 0 Å². The average Bonchev–Trinajstić information content (AvgIpc) is 2.54. The predicted molar refractivity (Wildman–Crippen MR) is 88.3 cm³/mol. The van der Waals surface area contributed by atoms with Gasteiger partial charge in [0, 0.05) is 12.1 Å². The van der Waals surface area contributed by atoms with E-state index in [1.54, 1.807) is 12.1 Å². The van der Waals surface area contributed by atoms with E-state index >= 15 is 0 Å². The van der Waals surface area contributed by atoms with Gasteiger partial charge in [-0.25, -0.2) is 4.98 Å². The Balaban J connectivity index is 1.91. The third-order valence-electron chi connectivity index (χ3n) is 3.96. The third-order valence-corrected chi connectivity index (χ3v) is 4.35. The minimum absolute atomic E-state index is 0.0419. The number of piperidine rings is 1. The van der Waals surface area contributed by atoms with E-state index in [1.165, 1.54) is 5.56 Å². The van der Waals surface area contributed by atoms with Gasteiger partial charge in [-0.3, -0.25) is 4.79 Å². The molecule has 1 aliphatic rings. The molecule has 1 atom stereocenters. The van der Waals surface area contributed by atoms with Crippen molar-refractivity contribution in [3.8, 4) is 0 Å². The molecule has 5 heteroatoms. The molecule has 0 N–H and O–H groups in total. The van der Waals surface area contributed by atoms with Crippen LogP contribution in [0.2, 0.25) is 10.3 Å². The van der Waals surface area contributed by atoms with Gasteiger partial charge in [0.15, 0.2) is 0 Å². The van der Waals surface area contributed by atoms with Gasteiger partial charge < -0.3 is 4.90 Å². The number of hydrogen-bond acceptors (Lipinski definition) is 2. The Hall–Kier alpha value is -1.58. The van der Waals surface area contributed by atoms with Gasteiger partial charge in [-0.15, -0.1) is 0 Å². The zero-order valence-electron chi connectivity index (χ0n) is 12.0. The zero-order chi connectivity index (χ0) is 15.5. The number of nitrogens with zero attached hydrogens (tertiary/aromatic N) is 2. The molecule has 1 aromatic heterocycles. The fourth-order valence-electron chi connectivity index (χ4n) is 2.95. The lowest BCUT2D eigenvalue weighted by Gasteiger charge is -2.36. The molecule has 1 saturated heterocycles. The maximum Gasteiger partial charge on any atom is 0.254 e. The van der Waals surface area contributed by atoms with Gasteiger partial charge in [0.05, 0.1) is 6.04 Å². The SMILES string of the molecule is O=C(c1cc(Cl)nc(Cl)c1)N1CCCC[C@@H]1c1ccccc1. The quantitative estimate of drug-likeness (QED) is 0.742. The fourth-order valence-corrected chi connectivity index (χ4v) is 3.41. The number of halogens is 2. The van der Waals surface area contributed by atoms with Gasteiger partial charge in [0.1, 0.15) is 10.3 Å². The number of carbonyl (C=O) groups is 1. The molecule has 0 saturated carbocycles. The zero-order valence-corrected chi connectivity index (χ0v) is 13.5. The Morgan fingerprint density at radius 2 is 1.77 bits per heavy atom. The van der Waals surface area contributed by atoms with Crippen LogP contribution in [0.3, 0.4) is 0 Å². The minimum atomic E-state index is -0.0419. The summed E-state index contributed by atoms with van der Waals surface area (Å²) in [5.41, 5.74) is 1.66. The monoisotopic (exact) mass is 334 g/mol. The van der Waals surface area contributed by atoms with Crippen molar-refractivity contribution in [3.63, 3.8) is 0 Å². The molecule has 3 rings (SSSR count). The Morgan fingerprint density at radius 1 is 1.09 bits per heavy atom. The van der Waals surface area contributed by atoms with Crippen molar-refractivity contribution >= 4 is 29.1 Å². The van der Waals surface area contributed by atoms with Crippen LogP contribution in [0.1, 0.15) is 41.2 Å². The molecule has 1 fully saturated rings. The molecule has 1 amide bonds. The first kappa shape index (κ1) is 15.3. The predicted octanol–water partition coefficient (Wildman–Crippen LogP) is 4.76. The van der Waals surface area contributed by atoms with E-state index < -0.39 is 0 Å². The summed E-state index contributed by atoms with van der Waals surface area (Å²) >= 11 is 11.8. The van der Waals surface area contributed by atoms with Crippen molar-refractivity contribution in [2.24, 2.45) is 0 Å². The number of carbonyl (C=O) groups excluding carboxylic acids is 1. The molecule has 0 unspecified atom stereocenters. The molecule has 114 valence electrons. The van der Waals surface area contributed by atoms with Crippen molar-refractivity contribution in [2.45, 2.75) is 25.3 Å². The molecule has 22 heavy (non-hydrogen) atoms. The molecule has 2 aromatic rings. The smallest absolute Gasteiger partial charge is 0.254 e. The van der Waals surface area contributed by atoms with Crippen LogP contribution in [-0.4, -0.2) is 22.3 Å². The summed E-state index contributed by atoms with van der Waals surface area (Å²) in [6, 6.07) is 13.4. The van der Waals surface area contributed by atoms with Gasteiger partial charge >= 0.3 is 0 Å². The number of pyridine rings is 1. The largest absolute Gasteiger partial charge is 0.332 e. The fraction of sp³-hybridized carbons (Fsp3) is 0.294. The maximum atomic E-state index is 12.9. The number of likely N-dealkylation sites (tertiary alicyclic amines) is 1. The Morgan fingerprint density at radius 3 is 2.45 bits per heavy atom. The van der Waals surface area contributed by atoms with Crippen LogP contribution in [0.4, 0.5) is 0 Å². The van der Waals surface area contributed by atoms with Crippen LogP contribution in [0.15, 0.2) is 42.5 Å². The topological polar surface area (TPSA) is 33.2 Å². The highest BCUT2D eigenvalue weighted by atomic mass is 35.5. The highest BCUT2D eigenvalue weighted by molar-refractivity contribution is 6.33. The summed E-state index contributed by atoms with van der Waals surface area (Å²) in [6.07, 6.45) is 3.12. The molecule has 2 heterocycles. The maximum absolute atomic E-state index is 12.9. The Labute approximate surface area is 139 Å².